The highest BCUT2D eigenvalue weighted by Crippen LogP contribution is 2.31. The highest BCUT2D eigenvalue weighted by molar-refractivity contribution is 6.30. The summed E-state index contributed by atoms with van der Waals surface area (Å²) >= 11 is 6.03. The molecule has 1 aliphatic rings. The lowest BCUT2D eigenvalue weighted by atomic mass is 10.1. The van der Waals surface area contributed by atoms with Crippen molar-refractivity contribution in [2.45, 2.75) is 19.0 Å². The number of carbonyl (C=O) groups excluding carboxylic acids is 1. The molecule has 6 nitrogen and oxygen atoms in total. The summed E-state index contributed by atoms with van der Waals surface area (Å²) in [7, 11) is 2.07. The third kappa shape index (κ3) is 4.08. The summed E-state index contributed by atoms with van der Waals surface area (Å²) in [5.74, 6) is -0.00402. The number of amides is 1. The smallest absolute Gasteiger partial charge is 0.240 e. The van der Waals surface area contributed by atoms with E-state index in [1.165, 1.54) is 0 Å². The van der Waals surface area contributed by atoms with Crippen LogP contribution < -0.4 is 5.32 Å². The molecule has 1 atom stereocenters. The van der Waals surface area contributed by atoms with Crippen LogP contribution in [0.1, 0.15) is 6.42 Å². The quantitative estimate of drug-likeness (QED) is 0.721. The molecular formula is C21H22ClN5O. The van der Waals surface area contributed by atoms with E-state index in [-0.39, 0.29) is 18.5 Å². The largest absolute Gasteiger partial charge is 0.350 e. The minimum atomic E-state index is -0.00402. The van der Waals surface area contributed by atoms with Crippen molar-refractivity contribution in [3.05, 3.63) is 60.1 Å². The van der Waals surface area contributed by atoms with Gasteiger partial charge in [-0.2, -0.15) is 0 Å². The first-order valence-electron chi connectivity index (χ1n) is 9.29. The van der Waals surface area contributed by atoms with E-state index in [4.69, 9.17) is 11.6 Å². The average Bonchev–Trinajstić information content (AvgIpc) is 3.29. The summed E-state index contributed by atoms with van der Waals surface area (Å²) in [4.78, 5) is 23.6. The Hall–Kier alpha value is -2.70. The molecule has 3 aromatic rings. The third-order valence-corrected chi connectivity index (χ3v) is 5.23. The fourth-order valence-electron chi connectivity index (χ4n) is 3.61. The lowest BCUT2D eigenvalue weighted by molar-refractivity contribution is -0.122. The molecule has 1 aliphatic heterocycles. The fourth-order valence-corrected chi connectivity index (χ4v) is 3.74. The van der Waals surface area contributed by atoms with E-state index >= 15 is 0 Å². The minimum Gasteiger partial charge on any atom is -0.350 e. The number of halogens is 1. The molecule has 1 aromatic carbocycles. The lowest BCUT2D eigenvalue weighted by Crippen LogP contribution is -2.38. The molecule has 0 aliphatic carbocycles. The molecule has 7 heteroatoms. The van der Waals surface area contributed by atoms with Gasteiger partial charge in [0.1, 0.15) is 6.54 Å². The second kappa shape index (κ2) is 8.12. The highest BCUT2D eigenvalue weighted by atomic mass is 35.5. The Labute approximate surface area is 169 Å². The van der Waals surface area contributed by atoms with Gasteiger partial charge in [0, 0.05) is 41.1 Å². The molecule has 1 amide bonds. The molecule has 4 rings (SSSR count). The van der Waals surface area contributed by atoms with Crippen LogP contribution in [0.15, 0.2) is 55.1 Å². The van der Waals surface area contributed by atoms with Crippen LogP contribution in [-0.4, -0.2) is 51.5 Å². The number of likely N-dealkylation sites (N-methyl/N-ethyl adjacent to an activating group) is 1. The maximum atomic E-state index is 12.6. The number of nitrogens with zero attached hydrogens (tertiary/aromatic N) is 4. The first-order chi connectivity index (χ1) is 13.6. The summed E-state index contributed by atoms with van der Waals surface area (Å²) in [5, 5.41) is 3.81. The monoisotopic (exact) mass is 395 g/mol. The number of rotatable bonds is 5. The van der Waals surface area contributed by atoms with Crippen molar-refractivity contribution in [3.8, 4) is 22.5 Å². The number of carbonyl (C=O) groups is 1. The molecule has 0 saturated carbocycles. The number of nitrogens with one attached hydrogen (secondary N) is 1. The number of hydrogen-bond acceptors (Lipinski definition) is 4. The molecule has 0 spiro atoms. The Bertz CT molecular complexity index is 955. The topological polar surface area (TPSA) is 63.1 Å². The van der Waals surface area contributed by atoms with Gasteiger partial charge in [0.25, 0.3) is 0 Å². The SMILES string of the molecule is CN1CC[C@H](NC(=O)Cn2cnc(-c3ccc(Cl)cc3)c2-c2ccncc2)C1. The maximum Gasteiger partial charge on any atom is 0.240 e. The van der Waals surface area contributed by atoms with Crippen LogP contribution in [0.4, 0.5) is 0 Å². The van der Waals surface area contributed by atoms with E-state index in [1.807, 2.05) is 41.0 Å². The van der Waals surface area contributed by atoms with Crippen LogP contribution in [0.25, 0.3) is 22.5 Å². The second-order valence-corrected chi connectivity index (χ2v) is 7.56. The van der Waals surface area contributed by atoms with Crippen molar-refractivity contribution >= 4 is 17.5 Å². The van der Waals surface area contributed by atoms with E-state index < -0.39 is 0 Å². The first-order valence-corrected chi connectivity index (χ1v) is 9.67. The average molecular weight is 396 g/mol. The van der Waals surface area contributed by atoms with Gasteiger partial charge in [0.05, 0.1) is 17.7 Å². The molecule has 28 heavy (non-hydrogen) atoms. The summed E-state index contributed by atoms with van der Waals surface area (Å²) < 4.78 is 1.90. The zero-order valence-corrected chi connectivity index (χ0v) is 16.4. The minimum absolute atomic E-state index is 0.00402. The number of aromatic nitrogens is 3. The van der Waals surface area contributed by atoms with Crippen molar-refractivity contribution in [3.63, 3.8) is 0 Å². The molecule has 3 heterocycles. The third-order valence-electron chi connectivity index (χ3n) is 4.98. The zero-order chi connectivity index (χ0) is 19.5. The molecular weight excluding hydrogens is 374 g/mol. The number of pyridine rings is 1. The van der Waals surface area contributed by atoms with Gasteiger partial charge in [-0.25, -0.2) is 4.98 Å². The van der Waals surface area contributed by atoms with Crippen molar-refractivity contribution in [2.75, 3.05) is 20.1 Å². The number of likely N-dealkylation sites (tertiary alicyclic amines) is 1. The number of hydrogen-bond donors (Lipinski definition) is 1. The van der Waals surface area contributed by atoms with Crippen LogP contribution in [0.2, 0.25) is 5.02 Å². The van der Waals surface area contributed by atoms with Gasteiger partial charge in [0.15, 0.2) is 0 Å². The van der Waals surface area contributed by atoms with Crippen molar-refractivity contribution in [2.24, 2.45) is 0 Å². The molecule has 1 fully saturated rings. The van der Waals surface area contributed by atoms with Gasteiger partial charge < -0.3 is 14.8 Å². The van der Waals surface area contributed by atoms with Crippen LogP contribution in [-0.2, 0) is 11.3 Å². The standard InChI is InChI=1S/C21H22ClN5O/c1-26-11-8-18(12-26)25-19(28)13-27-14-24-20(15-2-4-17(22)5-3-15)21(27)16-6-9-23-10-7-16/h2-7,9-10,14,18H,8,11-13H2,1H3,(H,25,28)/t18-/m0/s1. The van der Waals surface area contributed by atoms with Gasteiger partial charge in [0.2, 0.25) is 5.91 Å². The molecule has 0 bridgehead atoms. The van der Waals surface area contributed by atoms with Gasteiger partial charge in [-0.15, -0.1) is 0 Å². The molecule has 0 unspecified atom stereocenters. The second-order valence-electron chi connectivity index (χ2n) is 7.13. The molecule has 0 radical (unpaired) electrons. The predicted molar refractivity (Wildman–Crippen MR) is 110 cm³/mol. The number of imidazole rings is 1. The first kappa shape index (κ1) is 18.7. The Morgan fingerprint density at radius 2 is 1.93 bits per heavy atom. The van der Waals surface area contributed by atoms with Crippen LogP contribution in [0, 0.1) is 0 Å². The van der Waals surface area contributed by atoms with Crippen molar-refractivity contribution in [1.82, 2.24) is 24.8 Å². The van der Waals surface area contributed by atoms with E-state index in [2.05, 4.69) is 27.2 Å². The van der Waals surface area contributed by atoms with Gasteiger partial charge >= 0.3 is 0 Å². The van der Waals surface area contributed by atoms with Crippen LogP contribution >= 0.6 is 11.6 Å². The van der Waals surface area contributed by atoms with E-state index in [9.17, 15) is 4.79 Å². The van der Waals surface area contributed by atoms with E-state index in [0.29, 0.717) is 5.02 Å². The lowest BCUT2D eigenvalue weighted by Gasteiger charge is -2.15. The Morgan fingerprint density at radius 3 is 2.61 bits per heavy atom. The zero-order valence-electron chi connectivity index (χ0n) is 15.7. The maximum absolute atomic E-state index is 12.6. The Morgan fingerprint density at radius 1 is 1.18 bits per heavy atom. The number of benzene rings is 1. The summed E-state index contributed by atoms with van der Waals surface area (Å²) in [5.41, 5.74) is 3.62. The Kier molecular flexibility index (Phi) is 5.41. The molecule has 1 saturated heterocycles. The van der Waals surface area contributed by atoms with Crippen molar-refractivity contribution < 1.29 is 4.79 Å². The van der Waals surface area contributed by atoms with E-state index in [1.54, 1.807) is 18.7 Å². The summed E-state index contributed by atoms with van der Waals surface area (Å²) in [6.07, 6.45) is 6.19. The van der Waals surface area contributed by atoms with E-state index in [0.717, 1.165) is 42.0 Å². The van der Waals surface area contributed by atoms with Gasteiger partial charge in [-0.1, -0.05) is 23.7 Å². The molecule has 144 valence electrons. The van der Waals surface area contributed by atoms with Gasteiger partial charge in [-0.05, 0) is 44.3 Å². The van der Waals surface area contributed by atoms with Crippen molar-refractivity contribution in [1.29, 1.82) is 0 Å². The normalized spacial score (nSPS) is 17.0. The van der Waals surface area contributed by atoms with Gasteiger partial charge in [-0.3, -0.25) is 9.78 Å². The molecule has 1 N–H and O–H groups in total. The highest BCUT2D eigenvalue weighted by Gasteiger charge is 2.22. The van der Waals surface area contributed by atoms with Crippen LogP contribution in [0.5, 0.6) is 0 Å². The summed E-state index contributed by atoms with van der Waals surface area (Å²) in [6, 6.07) is 11.6. The predicted octanol–water partition coefficient (Wildman–Crippen LogP) is 3.09. The Balaban J connectivity index is 1.63. The molecule has 2 aromatic heterocycles. The van der Waals surface area contributed by atoms with Crippen LogP contribution in [0.3, 0.4) is 0 Å². The fraction of sp³-hybridized carbons (Fsp3) is 0.286. The summed E-state index contributed by atoms with van der Waals surface area (Å²) in [6.45, 7) is 2.13.